The van der Waals surface area contributed by atoms with Crippen molar-refractivity contribution in [3.05, 3.63) is 70.7 Å². The molecule has 2 aromatic rings. The maximum atomic E-state index is 13.6. The molecule has 32 heavy (non-hydrogen) atoms. The first kappa shape index (κ1) is 21.4. The molecule has 2 aromatic carbocycles. The van der Waals surface area contributed by atoms with Gasteiger partial charge >= 0.3 is 6.03 Å². The Morgan fingerprint density at radius 3 is 2.28 bits per heavy atom. The first-order chi connectivity index (χ1) is 15.5. The van der Waals surface area contributed by atoms with Gasteiger partial charge in [-0.15, -0.1) is 0 Å². The molecule has 0 spiro atoms. The highest BCUT2D eigenvalue weighted by Gasteiger charge is 2.60. The Morgan fingerprint density at radius 2 is 1.66 bits per heavy atom. The Kier molecular flexibility index (Phi) is 5.70. The largest absolute Gasteiger partial charge is 0.326 e. The van der Waals surface area contributed by atoms with Crippen molar-refractivity contribution in [2.45, 2.75) is 31.3 Å². The first-order valence-electron chi connectivity index (χ1n) is 11.4. The van der Waals surface area contributed by atoms with E-state index in [2.05, 4.69) is 46.3 Å². The van der Waals surface area contributed by atoms with Gasteiger partial charge in [0.05, 0.1) is 6.67 Å². The minimum Gasteiger partial charge on any atom is -0.319 e. The average molecular weight is 453 g/mol. The van der Waals surface area contributed by atoms with Crippen LogP contribution in [-0.4, -0.2) is 59.5 Å². The van der Waals surface area contributed by atoms with Crippen molar-refractivity contribution in [3.63, 3.8) is 0 Å². The van der Waals surface area contributed by atoms with Gasteiger partial charge in [0.15, 0.2) is 0 Å². The van der Waals surface area contributed by atoms with Crippen molar-refractivity contribution in [2.75, 3.05) is 32.8 Å². The van der Waals surface area contributed by atoms with Crippen molar-refractivity contribution in [3.8, 4) is 0 Å². The molecule has 1 N–H and O–H groups in total. The summed E-state index contributed by atoms with van der Waals surface area (Å²) in [7, 11) is 0. The molecule has 2 aliphatic heterocycles. The number of halogens is 1. The predicted molar refractivity (Wildman–Crippen MR) is 124 cm³/mol. The number of carbonyl (C=O) groups excluding carboxylic acids is 2. The van der Waals surface area contributed by atoms with Crippen LogP contribution in [0.4, 0.5) is 4.79 Å². The van der Waals surface area contributed by atoms with Gasteiger partial charge in [0.1, 0.15) is 5.54 Å². The number of urea groups is 1. The molecular formula is C25H29ClN4O2. The number of nitrogens with zero attached hydrogens (tertiary/aromatic N) is 3. The zero-order valence-electron chi connectivity index (χ0n) is 18.3. The molecule has 3 amide bonds. The van der Waals surface area contributed by atoms with Gasteiger partial charge in [0.2, 0.25) is 0 Å². The summed E-state index contributed by atoms with van der Waals surface area (Å²) in [6.45, 7) is 6.03. The monoisotopic (exact) mass is 452 g/mol. The van der Waals surface area contributed by atoms with E-state index >= 15 is 0 Å². The molecule has 5 rings (SSSR count). The van der Waals surface area contributed by atoms with Crippen LogP contribution >= 0.6 is 11.6 Å². The molecule has 2 atom stereocenters. The fourth-order valence-corrected chi connectivity index (χ4v) is 5.22. The number of hydrogen-bond acceptors (Lipinski definition) is 4. The van der Waals surface area contributed by atoms with E-state index in [0.717, 1.165) is 44.6 Å². The van der Waals surface area contributed by atoms with E-state index in [9.17, 15) is 9.59 Å². The van der Waals surface area contributed by atoms with Crippen LogP contribution in [0.3, 0.4) is 0 Å². The van der Waals surface area contributed by atoms with Gasteiger partial charge in [-0.25, -0.2) is 9.69 Å². The van der Waals surface area contributed by atoms with Crippen molar-refractivity contribution in [1.29, 1.82) is 0 Å². The quantitative estimate of drug-likeness (QED) is 0.677. The third-order valence-corrected chi connectivity index (χ3v) is 7.45. The molecule has 1 aliphatic carbocycles. The highest BCUT2D eigenvalue weighted by atomic mass is 35.5. The topological polar surface area (TPSA) is 55.9 Å². The molecule has 2 unspecified atom stereocenters. The van der Waals surface area contributed by atoms with Crippen LogP contribution in [0.1, 0.15) is 36.9 Å². The van der Waals surface area contributed by atoms with Crippen LogP contribution in [0.15, 0.2) is 54.6 Å². The van der Waals surface area contributed by atoms with Gasteiger partial charge in [-0.2, -0.15) is 0 Å². The second-order valence-corrected chi connectivity index (χ2v) is 9.57. The summed E-state index contributed by atoms with van der Waals surface area (Å²) < 4.78 is 0. The number of imide groups is 1. The number of hydrogen-bond donors (Lipinski definition) is 1. The van der Waals surface area contributed by atoms with Gasteiger partial charge in [-0.3, -0.25) is 14.6 Å². The molecule has 6 nitrogen and oxygen atoms in total. The number of carbonyl (C=O) groups is 2. The van der Waals surface area contributed by atoms with Gasteiger partial charge in [0.25, 0.3) is 5.91 Å². The molecule has 2 heterocycles. The van der Waals surface area contributed by atoms with Gasteiger partial charge in [-0.05, 0) is 48.9 Å². The molecule has 2 saturated heterocycles. The minimum absolute atomic E-state index is 0.132. The summed E-state index contributed by atoms with van der Waals surface area (Å²) in [5.41, 5.74) is 1.18. The fourth-order valence-electron chi connectivity index (χ4n) is 5.09. The Morgan fingerprint density at radius 1 is 1.00 bits per heavy atom. The highest BCUT2D eigenvalue weighted by molar-refractivity contribution is 6.30. The minimum atomic E-state index is -0.953. The van der Waals surface area contributed by atoms with Crippen LogP contribution in [0.5, 0.6) is 0 Å². The zero-order valence-corrected chi connectivity index (χ0v) is 19.1. The van der Waals surface area contributed by atoms with E-state index in [0.29, 0.717) is 17.7 Å². The molecule has 7 heteroatoms. The lowest BCUT2D eigenvalue weighted by Gasteiger charge is -2.39. The Hall–Kier alpha value is -2.41. The van der Waals surface area contributed by atoms with E-state index in [1.54, 1.807) is 12.1 Å². The second-order valence-electron chi connectivity index (χ2n) is 9.13. The second kappa shape index (κ2) is 8.50. The van der Waals surface area contributed by atoms with Gasteiger partial charge in [0, 0.05) is 37.2 Å². The predicted octanol–water partition coefficient (Wildman–Crippen LogP) is 3.83. The summed E-state index contributed by atoms with van der Waals surface area (Å²) in [5.74, 6) is 0.0149. The van der Waals surface area contributed by atoms with Crippen molar-refractivity contribution < 1.29 is 9.59 Å². The normalized spacial score (nSPS) is 25.8. The molecule has 1 saturated carbocycles. The molecule has 0 radical (unpaired) electrons. The maximum absolute atomic E-state index is 13.6. The summed E-state index contributed by atoms with van der Waals surface area (Å²) in [5, 5.41) is 3.68. The Labute approximate surface area is 194 Å². The zero-order chi connectivity index (χ0) is 22.3. The molecule has 168 valence electrons. The molecule has 3 fully saturated rings. The van der Waals surface area contributed by atoms with Crippen molar-refractivity contribution >= 4 is 23.5 Å². The van der Waals surface area contributed by atoms with E-state index < -0.39 is 5.54 Å². The number of nitrogens with one attached hydrogen (secondary N) is 1. The average Bonchev–Trinajstić information content (AvgIpc) is 3.64. The third-order valence-electron chi connectivity index (χ3n) is 7.20. The van der Waals surface area contributed by atoms with Crippen LogP contribution in [0.2, 0.25) is 5.02 Å². The summed E-state index contributed by atoms with van der Waals surface area (Å²) in [6.07, 6.45) is 1.89. The number of amides is 3. The lowest BCUT2D eigenvalue weighted by atomic mass is 9.85. The van der Waals surface area contributed by atoms with E-state index in [1.807, 2.05) is 18.2 Å². The van der Waals surface area contributed by atoms with Crippen LogP contribution in [0.25, 0.3) is 0 Å². The summed E-state index contributed by atoms with van der Waals surface area (Å²) in [6, 6.07) is 17.9. The van der Waals surface area contributed by atoms with Crippen LogP contribution in [-0.2, 0) is 10.3 Å². The van der Waals surface area contributed by atoms with Gasteiger partial charge < -0.3 is 5.32 Å². The van der Waals surface area contributed by atoms with E-state index in [-0.39, 0.29) is 17.9 Å². The number of rotatable bonds is 6. The lowest BCUT2D eigenvalue weighted by molar-refractivity contribution is -0.134. The van der Waals surface area contributed by atoms with E-state index in [4.69, 9.17) is 11.6 Å². The SMILES string of the molecule is CC(c1ccccc1)N1CCN(CN2C(=O)NC(c3ccc(Cl)cc3)(C3CC3)C2=O)CC1. The number of piperazine rings is 1. The van der Waals surface area contributed by atoms with Crippen molar-refractivity contribution in [1.82, 2.24) is 20.0 Å². The third kappa shape index (κ3) is 3.81. The molecule has 0 aromatic heterocycles. The van der Waals surface area contributed by atoms with Crippen LogP contribution < -0.4 is 5.32 Å². The lowest BCUT2D eigenvalue weighted by Crippen LogP contribution is -2.52. The first-order valence-corrected chi connectivity index (χ1v) is 11.8. The smallest absolute Gasteiger partial charge is 0.319 e. The van der Waals surface area contributed by atoms with Crippen LogP contribution in [0, 0.1) is 5.92 Å². The molecular weight excluding hydrogens is 424 g/mol. The Balaban J connectivity index is 1.26. The van der Waals surface area contributed by atoms with Gasteiger partial charge in [-0.1, -0.05) is 54.1 Å². The fraction of sp³-hybridized carbons (Fsp3) is 0.440. The standard InChI is InChI=1S/C25H29ClN4O2/c1-18(19-5-3-2-4-6-19)29-15-13-28(14-16-29)17-30-23(31)25(20-7-8-20,27-24(30)32)21-9-11-22(26)12-10-21/h2-6,9-12,18,20H,7-8,13-17H2,1H3,(H,27,32). The summed E-state index contributed by atoms with van der Waals surface area (Å²) >= 11 is 6.06. The van der Waals surface area contributed by atoms with Crippen molar-refractivity contribution in [2.24, 2.45) is 5.92 Å². The number of benzene rings is 2. The maximum Gasteiger partial charge on any atom is 0.326 e. The Bertz CT molecular complexity index is 987. The van der Waals surface area contributed by atoms with E-state index in [1.165, 1.54) is 10.5 Å². The summed E-state index contributed by atoms with van der Waals surface area (Å²) in [4.78, 5) is 32.6. The molecule has 3 aliphatic rings. The molecule has 0 bridgehead atoms. The highest BCUT2D eigenvalue weighted by Crippen LogP contribution is 2.49.